The van der Waals surface area contributed by atoms with Crippen LogP contribution in [0.15, 0.2) is 35.7 Å². The van der Waals surface area contributed by atoms with Crippen LogP contribution in [0.1, 0.15) is 37.5 Å². The fraction of sp³-hybridized carbons (Fsp3) is 0.412. The molecule has 10 heteroatoms. The molecular formula is C17H23N3O5S2. The molecule has 0 aliphatic rings. The number of hydrogen-bond donors (Lipinski definition) is 3. The summed E-state index contributed by atoms with van der Waals surface area (Å²) in [5.74, 6) is -0.269. The predicted octanol–water partition coefficient (Wildman–Crippen LogP) is 2.15. The highest BCUT2D eigenvalue weighted by atomic mass is 32.2. The second-order valence-corrected chi connectivity index (χ2v) is 9.10. The number of anilines is 1. The van der Waals surface area contributed by atoms with Crippen LogP contribution < -0.4 is 9.62 Å². The number of aliphatic hydroxyl groups is 1. The van der Waals surface area contributed by atoms with Crippen LogP contribution >= 0.6 is 11.3 Å². The van der Waals surface area contributed by atoms with Crippen LogP contribution in [0.3, 0.4) is 0 Å². The Kier molecular flexibility index (Phi) is 6.58. The monoisotopic (exact) mass is 413 g/mol. The lowest BCUT2D eigenvalue weighted by molar-refractivity contribution is -0.128. The molecule has 1 aromatic carbocycles. The maximum absolute atomic E-state index is 12.3. The molecule has 3 N–H and O–H groups in total. The number of carbonyl (C=O) groups excluding carboxylic acids is 1. The Morgan fingerprint density at radius 2 is 1.93 bits per heavy atom. The molecule has 0 aliphatic carbocycles. The summed E-state index contributed by atoms with van der Waals surface area (Å²) in [6, 6.07) is 7.09. The Hall–Kier alpha value is -2.01. The molecule has 0 saturated carbocycles. The molecule has 1 heterocycles. The average molecular weight is 414 g/mol. The molecule has 2 rings (SSSR count). The van der Waals surface area contributed by atoms with Crippen LogP contribution in [0.5, 0.6) is 0 Å². The van der Waals surface area contributed by atoms with Crippen molar-refractivity contribution in [3.8, 4) is 0 Å². The third kappa shape index (κ3) is 5.48. The minimum Gasteiger partial charge on any atom is -0.390 e. The molecule has 148 valence electrons. The fourth-order valence-corrected chi connectivity index (χ4v) is 4.17. The first-order valence-electron chi connectivity index (χ1n) is 8.19. The van der Waals surface area contributed by atoms with Crippen molar-refractivity contribution >= 4 is 33.2 Å². The van der Waals surface area contributed by atoms with Crippen LogP contribution in [-0.2, 0) is 21.7 Å². The van der Waals surface area contributed by atoms with E-state index in [9.17, 15) is 22.9 Å². The normalized spacial score (nSPS) is 13.2. The third-order valence-electron chi connectivity index (χ3n) is 3.70. The number of aliphatic hydroxyl groups excluding tert-OH is 1. The van der Waals surface area contributed by atoms with E-state index >= 15 is 0 Å². The van der Waals surface area contributed by atoms with Gasteiger partial charge in [-0.15, -0.1) is 11.3 Å². The van der Waals surface area contributed by atoms with Crippen molar-refractivity contribution in [1.29, 1.82) is 0 Å². The number of benzene rings is 1. The van der Waals surface area contributed by atoms with Crippen molar-refractivity contribution in [2.45, 2.75) is 33.4 Å². The van der Waals surface area contributed by atoms with Gasteiger partial charge in [-0.25, -0.2) is 9.29 Å². The molecule has 8 nitrogen and oxygen atoms in total. The highest BCUT2D eigenvalue weighted by Crippen LogP contribution is 2.31. The number of para-hydroxylation sites is 1. The summed E-state index contributed by atoms with van der Waals surface area (Å²) >= 11 is 1.14. The Morgan fingerprint density at radius 1 is 1.30 bits per heavy atom. The zero-order valence-electron chi connectivity index (χ0n) is 15.3. The first kappa shape index (κ1) is 21.3. The van der Waals surface area contributed by atoms with Crippen LogP contribution in [-0.4, -0.2) is 35.5 Å². The van der Waals surface area contributed by atoms with Crippen molar-refractivity contribution in [1.82, 2.24) is 10.3 Å². The SMILES string of the molecule is CC(C)(C)C(=O)NC[C@@H](c1nc(CO)cs1)N(c1ccccc1)S(=O)(=O)O. The second kappa shape index (κ2) is 8.34. The lowest BCUT2D eigenvalue weighted by atomic mass is 9.95. The molecular weight excluding hydrogens is 390 g/mol. The van der Waals surface area contributed by atoms with Gasteiger partial charge in [0.1, 0.15) is 11.0 Å². The molecule has 1 amide bonds. The molecule has 1 atom stereocenters. The number of hydrogen-bond acceptors (Lipinski definition) is 6. The molecule has 2 aromatic rings. The molecule has 0 aliphatic heterocycles. The highest BCUT2D eigenvalue weighted by Gasteiger charge is 2.33. The number of nitrogens with zero attached hydrogens (tertiary/aromatic N) is 2. The quantitative estimate of drug-likeness (QED) is 0.598. The van der Waals surface area contributed by atoms with Crippen LogP contribution in [0.4, 0.5) is 5.69 Å². The van der Waals surface area contributed by atoms with Crippen molar-refractivity contribution in [3.63, 3.8) is 0 Å². The van der Waals surface area contributed by atoms with Crippen molar-refractivity contribution < 1.29 is 22.9 Å². The minimum atomic E-state index is -4.66. The second-order valence-electron chi connectivity index (χ2n) is 6.92. The average Bonchev–Trinajstić information content (AvgIpc) is 3.05. The number of rotatable bonds is 7. The lowest BCUT2D eigenvalue weighted by Crippen LogP contribution is -2.44. The van der Waals surface area contributed by atoms with Gasteiger partial charge in [0.15, 0.2) is 0 Å². The van der Waals surface area contributed by atoms with Gasteiger partial charge in [0.05, 0.1) is 18.0 Å². The van der Waals surface area contributed by atoms with Crippen LogP contribution in [0.2, 0.25) is 0 Å². The van der Waals surface area contributed by atoms with Gasteiger partial charge in [-0.05, 0) is 12.1 Å². The maximum Gasteiger partial charge on any atom is 0.360 e. The molecule has 0 radical (unpaired) electrons. The van der Waals surface area contributed by atoms with E-state index in [-0.39, 0.29) is 24.7 Å². The van der Waals surface area contributed by atoms with E-state index in [1.807, 2.05) is 0 Å². The van der Waals surface area contributed by atoms with Gasteiger partial charge >= 0.3 is 10.3 Å². The van der Waals surface area contributed by atoms with Gasteiger partial charge in [0.2, 0.25) is 5.91 Å². The topological polar surface area (TPSA) is 120 Å². The minimum absolute atomic E-state index is 0.0941. The Balaban J connectivity index is 2.47. The van der Waals surface area contributed by atoms with Crippen LogP contribution in [0, 0.1) is 5.41 Å². The van der Waals surface area contributed by atoms with Crippen molar-refractivity contribution in [2.75, 3.05) is 10.8 Å². The van der Waals surface area contributed by atoms with E-state index in [0.29, 0.717) is 10.7 Å². The van der Waals surface area contributed by atoms with Gasteiger partial charge in [-0.2, -0.15) is 8.42 Å². The zero-order valence-corrected chi connectivity index (χ0v) is 16.9. The van der Waals surface area contributed by atoms with E-state index in [4.69, 9.17) is 0 Å². The summed E-state index contributed by atoms with van der Waals surface area (Å²) in [7, 11) is -4.66. The Bertz CT molecular complexity index is 875. The number of aromatic nitrogens is 1. The van der Waals surface area contributed by atoms with Crippen molar-refractivity contribution in [3.05, 3.63) is 46.4 Å². The summed E-state index contributed by atoms with van der Waals surface area (Å²) < 4.78 is 35.0. The number of nitrogens with one attached hydrogen (secondary N) is 1. The van der Waals surface area contributed by atoms with Crippen molar-refractivity contribution in [2.24, 2.45) is 5.41 Å². The van der Waals surface area contributed by atoms with Crippen LogP contribution in [0.25, 0.3) is 0 Å². The third-order valence-corrected chi connectivity index (χ3v) is 5.65. The number of carbonyl (C=O) groups is 1. The smallest absolute Gasteiger partial charge is 0.360 e. The first-order chi connectivity index (χ1) is 12.5. The number of thiazole rings is 1. The highest BCUT2D eigenvalue weighted by molar-refractivity contribution is 7.87. The predicted molar refractivity (Wildman–Crippen MR) is 104 cm³/mol. The van der Waals surface area contributed by atoms with E-state index < -0.39 is 21.8 Å². The van der Waals surface area contributed by atoms with Gasteiger partial charge in [-0.1, -0.05) is 39.0 Å². The zero-order chi connectivity index (χ0) is 20.2. The molecule has 0 fully saturated rings. The molecule has 0 bridgehead atoms. The summed E-state index contributed by atoms with van der Waals surface area (Å²) in [5, 5.41) is 13.9. The van der Waals surface area contributed by atoms with Gasteiger partial charge in [0, 0.05) is 17.3 Å². The molecule has 1 aromatic heterocycles. The standard InChI is InChI=1S/C17H23N3O5S2/c1-17(2,3)16(22)18-9-14(15-19-12(10-21)11-26-15)20(27(23,24)25)13-7-5-4-6-8-13/h4-8,11,14,21H,9-10H2,1-3H3,(H,18,22)(H,23,24,25)/t14-/m0/s1. The molecule has 0 spiro atoms. The van der Waals surface area contributed by atoms with Gasteiger partial charge in [-0.3, -0.25) is 9.35 Å². The number of amides is 1. The molecule has 0 unspecified atom stereocenters. The fourth-order valence-electron chi connectivity index (χ4n) is 2.32. The van der Waals surface area contributed by atoms with Gasteiger partial charge in [0.25, 0.3) is 0 Å². The van der Waals surface area contributed by atoms with E-state index in [1.54, 1.807) is 44.4 Å². The maximum atomic E-state index is 12.3. The Labute approximate surface area is 162 Å². The lowest BCUT2D eigenvalue weighted by Gasteiger charge is -2.30. The molecule has 27 heavy (non-hydrogen) atoms. The molecule has 0 saturated heterocycles. The summed E-state index contributed by atoms with van der Waals surface area (Å²) in [5.41, 5.74) is -0.0550. The summed E-state index contributed by atoms with van der Waals surface area (Å²) in [6.07, 6.45) is 0. The first-order valence-corrected chi connectivity index (χ1v) is 10.5. The van der Waals surface area contributed by atoms with E-state index in [2.05, 4.69) is 10.3 Å². The van der Waals surface area contributed by atoms with E-state index in [0.717, 1.165) is 15.6 Å². The Morgan fingerprint density at radius 3 is 2.41 bits per heavy atom. The largest absolute Gasteiger partial charge is 0.390 e. The van der Waals surface area contributed by atoms with E-state index in [1.165, 1.54) is 12.1 Å². The summed E-state index contributed by atoms with van der Waals surface area (Å²) in [6.45, 7) is 4.82. The summed E-state index contributed by atoms with van der Waals surface area (Å²) in [4.78, 5) is 16.5. The van der Waals surface area contributed by atoms with Gasteiger partial charge < -0.3 is 10.4 Å².